The molecule has 0 heterocycles. The summed E-state index contributed by atoms with van der Waals surface area (Å²) >= 11 is 0. The SMILES string of the molecule is O=C(O)C[C@H](CC(=O)NCCCO)c1ccccc1. The molecule has 0 saturated carbocycles. The average molecular weight is 265 g/mol. The third-order valence-corrected chi connectivity index (χ3v) is 2.78. The minimum atomic E-state index is -0.919. The van der Waals surface area contributed by atoms with Gasteiger partial charge in [0.1, 0.15) is 0 Å². The molecule has 0 fully saturated rings. The van der Waals surface area contributed by atoms with E-state index in [4.69, 9.17) is 10.2 Å². The molecule has 5 heteroatoms. The topological polar surface area (TPSA) is 86.6 Å². The van der Waals surface area contributed by atoms with Gasteiger partial charge in [-0.15, -0.1) is 0 Å². The summed E-state index contributed by atoms with van der Waals surface area (Å²) in [6.07, 6.45) is 0.569. The lowest BCUT2D eigenvalue weighted by atomic mass is 9.92. The Kier molecular flexibility index (Phi) is 6.60. The predicted octanol–water partition coefficient (Wildman–Crippen LogP) is 1.13. The third kappa shape index (κ3) is 6.01. The van der Waals surface area contributed by atoms with Gasteiger partial charge in [-0.2, -0.15) is 0 Å². The van der Waals surface area contributed by atoms with Gasteiger partial charge in [0.2, 0.25) is 5.91 Å². The number of carboxylic acid groups (broad SMARTS) is 1. The number of carbonyl (C=O) groups is 2. The summed E-state index contributed by atoms with van der Waals surface area (Å²) in [7, 11) is 0. The lowest BCUT2D eigenvalue weighted by Gasteiger charge is -2.15. The number of rotatable bonds is 8. The predicted molar refractivity (Wildman–Crippen MR) is 70.8 cm³/mol. The van der Waals surface area contributed by atoms with Crippen molar-refractivity contribution < 1.29 is 19.8 Å². The van der Waals surface area contributed by atoms with Gasteiger partial charge >= 0.3 is 5.97 Å². The zero-order valence-electron chi connectivity index (χ0n) is 10.7. The van der Waals surface area contributed by atoms with E-state index in [1.54, 1.807) is 0 Å². The van der Waals surface area contributed by atoms with Crippen molar-refractivity contribution in [2.24, 2.45) is 0 Å². The highest BCUT2D eigenvalue weighted by atomic mass is 16.4. The number of nitrogens with one attached hydrogen (secondary N) is 1. The molecule has 0 aromatic heterocycles. The Morgan fingerprint density at radius 3 is 2.42 bits per heavy atom. The van der Waals surface area contributed by atoms with Gasteiger partial charge in [0.15, 0.2) is 0 Å². The second-order valence-corrected chi connectivity index (χ2v) is 4.34. The number of aliphatic hydroxyl groups is 1. The summed E-state index contributed by atoms with van der Waals surface area (Å²) in [6, 6.07) is 9.16. The van der Waals surface area contributed by atoms with Crippen molar-refractivity contribution in [1.82, 2.24) is 5.32 Å². The van der Waals surface area contributed by atoms with Crippen LogP contribution in [-0.2, 0) is 9.59 Å². The lowest BCUT2D eigenvalue weighted by molar-refractivity contribution is -0.137. The van der Waals surface area contributed by atoms with Crippen LogP contribution >= 0.6 is 0 Å². The first-order chi connectivity index (χ1) is 9.13. The van der Waals surface area contributed by atoms with Crippen LogP contribution in [0, 0.1) is 0 Å². The van der Waals surface area contributed by atoms with E-state index >= 15 is 0 Å². The van der Waals surface area contributed by atoms with E-state index < -0.39 is 5.97 Å². The average Bonchev–Trinajstić information content (AvgIpc) is 2.39. The van der Waals surface area contributed by atoms with Gasteiger partial charge in [-0.3, -0.25) is 9.59 Å². The number of aliphatic carboxylic acids is 1. The van der Waals surface area contributed by atoms with Crippen LogP contribution in [0.1, 0.15) is 30.7 Å². The van der Waals surface area contributed by atoms with E-state index in [9.17, 15) is 9.59 Å². The number of hydrogen-bond acceptors (Lipinski definition) is 3. The van der Waals surface area contributed by atoms with Crippen LogP contribution in [0.2, 0.25) is 0 Å². The first kappa shape index (κ1) is 15.2. The molecule has 1 amide bonds. The Morgan fingerprint density at radius 1 is 1.16 bits per heavy atom. The Morgan fingerprint density at radius 2 is 1.84 bits per heavy atom. The summed E-state index contributed by atoms with van der Waals surface area (Å²) in [5.74, 6) is -1.44. The number of benzene rings is 1. The highest BCUT2D eigenvalue weighted by Crippen LogP contribution is 2.23. The minimum Gasteiger partial charge on any atom is -0.481 e. The van der Waals surface area contributed by atoms with E-state index in [1.165, 1.54) is 0 Å². The lowest BCUT2D eigenvalue weighted by Crippen LogP contribution is -2.27. The molecule has 1 rings (SSSR count). The fraction of sp³-hybridized carbons (Fsp3) is 0.429. The monoisotopic (exact) mass is 265 g/mol. The van der Waals surface area contributed by atoms with E-state index in [0.717, 1.165) is 5.56 Å². The highest BCUT2D eigenvalue weighted by molar-refractivity contribution is 5.78. The highest BCUT2D eigenvalue weighted by Gasteiger charge is 2.18. The maximum Gasteiger partial charge on any atom is 0.303 e. The quantitative estimate of drug-likeness (QED) is 0.615. The first-order valence-electron chi connectivity index (χ1n) is 6.27. The molecule has 0 unspecified atom stereocenters. The molecule has 19 heavy (non-hydrogen) atoms. The van der Waals surface area contributed by atoms with Crippen LogP contribution in [0.5, 0.6) is 0 Å². The number of aliphatic hydroxyl groups excluding tert-OH is 1. The summed E-state index contributed by atoms with van der Waals surface area (Å²) in [5, 5.41) is 20.2. The van der Waals surface area contributed by atoms with Crippen molar-refractivity contribution >= 4 is 11.9 Å². The van der Waals surface area contributed by atoms with Crippen molar-refractivity contribution in [2.45, 2.75) is 25.2 Å². The molecule has 0 aliphatic heterocycles. The number of amides is 1. The molecular weight excluding hydrogens is 246 g/mol. The molecule has 0 saturated heterocycles. The van der Waals surface area contributed by atoms with Crippen LogP contribution < -0.4 is 5.32 Å². The molecular formula is C14H19NO4. The second kappa shape index (κ2) is 8.26. The zero-order valence-corrected chi connectivity index (χ0v) is 10.7. The molecule has 1 aromatic carbocycles. The fourth-order valence-corrected chi connectivity index (χ4v) is 1.85. The Bertz CT molecular complexity index is 405. The van der Waals surface area contributed by atoms with Crippen LogP contribution in [0.15, 0.2) is 30.3 Å². The van der Waals surface area contributed by atoms with Crippen LogP contribution in [-0.4, -0.2) is 35.2 Å². The molecule has 5 nitrogen and oxygen atoms in total. The largest absolute Gasteiger partial charge is 0.481 e. The van der Waals surface area contributed by atoms with Crippen molar-refractivity contribution in [2.75, 3.05) is 13.2 Å². The minimum absolute atomic E-state index is 0.0253. The standard InChI is InChI=1S/C14H19NO4/c16-8-4-7-15-13(17)9-12(10-14(18)19)11-5-2-1-3-6-11/h1-3,5-6,12,16H,4,7-10H2,(H,15,17)(H,18,19)/t12-/m0/s1. The Labute approximate surface area is 112 Å². The van der Waals surface area contributed by atoms with Crippen molar-refractivity contribution in [3.8, 4) is 0 Å². The summed E-state index contributed by atoms with van der Waals surface area (Å²) < 4.78 is 0. The molecule has 0 aliphatic carbocycles. The van der Waals surface area contributed by atoms with Crippen molar-refractivity contribution in [1.29, 1.82) is 0 Å². The molecule has 3 N–H and O–H groups in total. The van der Waals surface area contributed by atoms with Crippen LogP contribution in [0.4, 0.5) is 0 Å². The smallest absolute Gasteiger partial charge is 0.303 e. The van der Waals surface area contributed by atoms with E-state index in [1.807, 2.05) is 30.3 Å². The maximum atomic E-state index is 11.7. The number of carbonyl (C=O) groups excluding carboxylic acids is 1. The van der Waals surface area contributed by atoms with Crippen LogP contribution in [0.25, 0.3) is 0 Å². The van der Waals surface area contributed by atoms with Crippen LogP contribution in [0.3, 0.4) is 0 Å². The first-order valence-corrected chi connectivity index (χ1v) is 6.27. The summed E-state index contributed by atoms with van der Waals surface area (Å²) in [6.45, 7) is 0.432. The molecule has 1 atom stereocenters. The normalized spacial score (nSPS) is 11.8. The molecule has 1 aromatic rings. The Hall–Kier alpha value is -1.88. The molecule has 0 radical (unpaired) electrons. The zero-order chi connectivity index (χ0) is 14.1. The van der Waals surface area contributed by atoms with Gasteiger partial charge < -0.3 is 15.5 Å². The van der Waals surface area contributed by atoms with Gasteiger partial charge in [-0.25, -0.2) is 0 Å². The van der Waals surface area contributed by atoms with Gasteiger partial charge in [-0.1, -0.05) is 30.3 Å². The van der Waals surface area contributed by atoms with E-state index in [0.29, 0.717) is 13.0 Å². The van der Waals surface area contributed by atoms with Crippen molar-refractivity contribution in [3.63, 3.8) is 0 Å². The van der Waals surface area contributed by atoms with Gasteiger partial charge in [0.05, 0.1) is 6.42 Å². The number of hydrogen-bond donors (Lipinski definition) is 3. The Balaban J connectivity index is 2.60. The van der Waals surface area contributed by atoms with Gasteiger partial charge in [0, 0.05) is 25.5 Å². The maximum absolute atomic E-state index is 11.7. The molecule has 0 bridgehead atoms. The molecule has 104 valence electrons. The summed E-state index contributed by atoms with van der Waals surface area (Å²) in [5.41, 5.74) is 0.849. The van der Waals surface area contributed by atoms with E-state index in [2.05, 4.69) is 5.32 Å². The van der Waals surface area contributed by atoms with Gasteiger partial charge in [-0.05, 0) is 12.0 Å². The fourth-order valence-electron chi connectivity index (χ4n) is 1.85. The molecule has 0 spiro atoms. The number of carboxylic acids is 1. The summed E-state index contributed by atoms with van der Waals surface area (Å²) in [4.78, 5) is 22.6. The van der Waals surface area contributed by atoms with Crippen molar-refractivity contribution in [3.05, 3.63) is 35.9 Å². The second-order valence-electron chi connectivity index (χ2n) is 4.34. The third-order valence-electron chi connectivity index (χ3n) is 2.78. The van der Waals surface area contributed by atoms with E-state index in [-0.39, 0.29) is 31.3 Å². The molecule has 0 aliphatic rings. The van der Waals surface area contributed by atoms with Gasteiger partial charge in [0.25, 0.3) is 0 Å².